The van der Waals surface area contributed by atoms with Crippen LogP contribution in [-0.4, -0.2) is 28.0 Å². The number of hydrogen-bond acceptors (Lipinski definition) is 5. The van der Waals surface area contributed by atoms with E-state index in [4.69, 9.17) is 4.42 Å². The third-order valence-corrected chi connectivity index (χ3v) is 9.64. The summed E-state index contributed by atoms with van der Waals surface area (Å²) in [7, 11) is 0. The zero-order chi connectivity index (χ0) is 36.0. The van der Waals surface area contributed by atoms with Gasteiger partial charge >= 0.3 is 0 Å². The Kier molecular flexibility index (Phi) is 10.0. The Morgan fingerprint density at radius 1 is 0.731 bits per heavy atom. The van der Waals surface area contributed by atoms with E-state index < -0.39 is 11.8 Å². The van der Waals surface area contributed by atoms with Crippen molar-refractivity contribution in [3.05, 3.63) is 156 Å². The predicted octanol–water partition coefficient (Wildman–Crippen LogP) is 9.52. The van der Waals surface area contributed by atoms with Crippen molar-refractivity contribution < 1.29 is 18.8 Å². The number of rotatable bonds is 11. The molecule has 52 heavy (non-hydrogen) atoms. The molecule has 2 aromatic heterocycles. The van der Waals surface area contributed by atoms with Crippen molar-refractivity contribution in [2.45, 2.75) is 25.3 Å². The van der Waals surface area contributed by atoms with Crippen LogP contribution in [0.5, 0.6) is 0 Å². The van der Waals surface area contributed by atoms with Gasteiger partial charge in [-0.15, -0.1) is 11.8 Å². The fraction of sp³-hybridized carbons (Fsp3) is 0.0930. The molecule has 0 fully saturated rings. The number of aryl methyl sites for hydroxylation is 2. The summed E-state index contributed by atoms with van der Waals surface area (Å²) in [5.74, 6) is 0.206. The van der Waals surface area contributed by atoms with Gasteiger partial charge in [-0.05, 0) is 86.6 Å². The first-order valence-electron chi connectivity index (χ1n) is 16.9. The van der Waals surface area contributed by atoms with Crippen molar-refractivity contribution in [1.29, 1.82) is 0 Å². The van der Waals surface area contributed by atoms with Gasteiger partial charge in [0.15, 0.2) is 0 Å². The summed E-state index contributed by atoms with van der Waals surface area (Å²) in [6.45, 7) is 5.00. The van der Waals surface area contributed by atoms with E-state index in [-0.39, 0.29) is 17.4 Å². The number of thioether (sulfide) groups is 1. The van der Waals surface area contributed by atoms with Gasteiger partial charge in [0.25, 0.3) is 11.8 Å². The second-order valence-corrected chi connectivity index (χ2v) is 13.3. The largest absolute Gasteiger partial charge is 0.457 e. The van der Waals surface area contributed by atoms with E-state index in [1.807, 2.05) is 79.7 Å². The molecule has 0 unspecified atom stereocenters. The van der Waals surface area contributed by atoms with E-state index in [1.165, 1.54) is 23.4 Å². The molecule has 0 aliphatic heterocycles. The van der Waals surface area contributed by atoms with Crippen molar-refractivity contribution in [3.8, 4) is 11.3 Å². The molecule has 5 aromatic carbocycles. The third kappa shape index (κ3) is 7.70. The number of anilines is 2. The second kappa shape index (κ2) is 15.3. The minimum atomic E-state index is -0.517. The van der Waals surface area contributed by atoms with Crippen LogP contribution in [-0.2, 0) is 16.1 Å². The molecule has 0 aliphatic rings. The molecule has 9 heteroatoms. The number of amides is 3. The first kappa shape index (κ1) is 34.1. The van der Waals surface area contributed by atoms with Crippen LogP contribution in [0.1, 0.15) is 28.6 Å². The molecule has 0 saturated carbocycles. The average molecular weight is 705 g/mol. The lowest BCUT2D eigenvalue weighted by Crippen LogP contribution is -2.30. The molecule has 2 heterocycles. The summed E-state index contributed by atoms with van der Waals surface area (Å²) in [4.78, 5) is 40.4. The molecule has 0 saturated heterocycles. The van der Waals surface area contributed by atoms with Gasteiger partial charge in [-0.1, -0.05) is 66.2 Å². The summed E-state index contributed by atoms with van der Waals surface area (Å²) in [5, 5.41) is 10.9. The molecule has 3 amide bonds. The minimum absolute atomic E-state index is 0.0197. The number of furan rings is 1. The van der Waals surface area contributed by atoms with Crippen molar-refractivity contribution in [2.75, 3.05) is 16.4 Å². The van der Waals surface area contributed by atoms with Crippen LogP contribution in [0.2, 0.25) is 0 Å². The summed E-state index contributed by atoms with van der Waals surface area (Å²) >= 11 is 1.39. The van der Waals surface area contributed by atoms with Gasteiger partial charge in [0.1, 0.15) is 17.2 Å². The monoisotopic (exact) mass is 704 g/mol. The molecule has 0 spiro atoms. The molecular formula is C43H36N4O4S. The number of hydrogen-bond donors (Lipinski definition) is 3. The Morgan fingerprint density at radius 3 is 2.21 bits per heavy atom. The number of aromatic nitrogens is 1. The maximum Gasteiger partial charge on any atom is 0.272 e. The smallest absolute Gasteiger partial charge is 0.272 e. The molecule has 258 valence electrons. The van der Waals surface area contributed by atoms with Crippen LogP contribution in [0.25, 0.3) is 39.2 Å². The fourth-order valence-electron chi connectivity index (χ4n) is 6.04. The maximum absolute atomic E-state index is 13.5. The molecule has 0 atom stereocenters. The minimum Gasteiger partial charge on any atom is -0.457 e. The summed E-state index contributed by atoms with van der Waals surface area (Å²) < 4.78 is 8.30. The van der Waals surface area contributed by atoms with E-state index in [0.717, 1.165) is 44.5 Å². The Bertz CT molecular complexity index is 2430. The first-order chi connectivity index (χ1) is 25.3. The van der Waals surface area contributed by atoms with Gasteiger partial charge in [-0.2, -0.15) is 0 Å². The lowest BCUT2D eigenvalue weighted by atomic mass is 10.1. The lowest BCUT2D eigenvalue weighted by molar-refractivity contribution is -0.114. The quantitative estimate of drug-likeness (QED) is 0.0919. The summed E-state index contributed by atoms with van der Waals surface area (Å²) in [6, 6.07) is 41.7. The maximum atomic E-state index is 13.5. The van der Waals surface area contributed by atoms with Gasteiger partial charge in [-0.25, -0.2) is 0 Å². The number of carbonyl (C=O) groups is 3. The molecule has 3 N–H and O–H groups in total. The van der Waals surface area contributed by atoms with E-state index in [9.17, 15) is 14.4 Å². The molecule has 7 aromatic rings. The zero-order valence-corrected chi connectivity index (χ0v) is 29.5. The number of nitrogens with one attached hydrogen (secondary N) is 3. The highest BCUT2D eigenvalue weighted by Gasteiger charge is 2.17. The average Bonchev–Trinajstić information content (AvgIpc) is 3.77. The van der Waals surface area contributed by atoms with E-state index >= 15 is 0 Å². The van der Waals surface area contributed by atoms with E-state index in [0.29, 0.717) is 22.8 Å². The van der Waals surface area contributed by atoms with E-state index in [2.05, 4.69) is 45.6 Å². The topological polar surface area (TPSA) is 105 Å². The van der Waals surface area contributed by atoms with Gasteiger partial charge in [-0.3, -0.25) is 14.4 Å². The highest BCUT2D eigenvalue weighted by atomic mass is 32.2. The standard InChI is InChI=1S/C43H36N4O4S/c1-3-47-38-12-8-7-11-35(38)36-25-32(19-23-39(36)47)44-41(48)27-52-34-21-17-31(18-22-34)45-43(50)37(46-42(49)30-9-5-4-6-10-30)26-33-20-24-40(51-33)29-15-13-28(2)14-16-29/h4-26H,3,27H2,1-2H3,(H,44,48)(H,45,50)(H,46,49)/b37-26-. The molecule has 7 rings (SSSR count). The zero-order valence-electron chi connectivity index (χ0n) is 28.7. The molecule has 0 bridgehead atoms. The van der Waals surface area contributed by atoms with Crippen molar-refractivity contribution in [1.82, 2.24) is 9.88 Å². The van der Waals surface area contributed by atoms with Crippen LogP contribution in [0, 0.1) is 6.92 Å². The Labute approximate surface area is 305 Å². The first-order valence-corrected chi connectivity index (χ1v) is 17.9. The van der Waals surface area contributed by atoms with Crippen LogP contribution >= 0.6 is 11.8 Å². The number of benzene rings is 5. The van der Waals surface area contributed by atoms with Crippen molar-refractivity contribution in [2.24, 2.45) is 0 Å². The molecule has 0 aliphatic carbocycles. The predicted molar refractivity (Wildman–Crippen MR) is 210 cm³/mol. The number of carbonyl (C=O) groups excluding carboxylic acids is 3. The van der Waals surface area contributed by atoms with Crippen LogP contribution in [0.4, 0.5) is 11.4 Å². The summed E-state index contributed by atoms with van der Waals surface area (Å²) in [6.07, 6.45) is 1.51. The van der Waals surface area contributed by atoms with Crippen LogP contribution < -0.4 is 16.0 Å². The van der Waals surface area contributed by atoms with Gasteiger partial charge in [0.2, 0.25) is 5.91 Å². The van der Waals surface area contributed by atoms with Gasteiger partial charge in [0.05, 0.1) is 5.75 Å². The highest BCUT2D eigenvalue weighted by Crippen LogP contribution is 2.31. The summed E-state index contributed by atoms with van der Waals surface area (Å²) in [5.41, 5.74) is 6.05. The number of nitrogens with zero attached hydrogens (tertiary/aromatic N) is 1. The SMILES string of the molecule is CCn1c2ccccc2c2cc(NC(=O)CSc3ccc(NC(=O)/C(=C/c4ccc(-c5ccc(C)cc5)o4)NC(=O)c4ccccc4)cc3)ccc21. The fourth-order valence-corrected chi connectivity index (χ4v) is 6.74. The Morgan fingerprint density at radius 2 is 1.44 bits per heavy atom. The van der Waals surface area contributed by atoms with Crippen molar-refractivity contribution in [3.63, 3.8) is 0 Å². The highest BCUT2D eigenvalue weighted by molar-refractivity contribution is 8.00. The van der Waals surface area contributed by atoms with Crippen LogP contribution in [0.3, 0.4) is 0 Å². The molecule has 0 radical (unpaired) electrons. The van der Waals surface area contributed by atoms with Crippen molar-refractivity contribution >= 4 is 68.7 Å². The Hall–Kier alpha value is -6.32. The second-order valence-electron chi connectivity index (χ2n) is 12.3. The molecule has 8 nitrogen and oxygen atoms in total. The lowest BCUT2D eigenvalue weighted by Gasteiger charge is -2.11. The molecular weight excluding hydrogens is 669 g/mol. The number of para-hydroxylation sites is 1. The Balaban J connectivity index is 1.01. The third-order valence-electron chi connectivity index (χ3n) is 8.63. The van der Waals surface area contributed by atoms with Gasteiger partial charge in [0, 0.05) is 61.8 Å². The number of fused-ring (bicyclic) bond motifs is 3. The normalized spacial score (nSPS) is 11.5. The van der Waals surface area contributed by atoms with Gasteiger partial charge < -0.3 is 24.9 Å². The van der Waals surface area contributed by atoms with Crippen LogP contribution in [0.15, 0.2) is 148 Å². The van der Waals surface area contributed by atoms with E-state index in [1.54, 1.807) is 42.5 Å².